The number of pyridine rings is 1. The average molecular weight is 371 g/mol. The topological polar surface area (TPSA) is 129 Å². The van der Waals surface area contributed by atoms with Gasteiger partial charge in [-0.1, -0.05) is 0 Å². The van der Waals surface area contributed by atoms with Gasteiger partial charge in [-0.25, -0.2) is 9.59 Å². The van der Waals surface area contributed by atoms with Gasteiger partial charge >= 0.3 is 11.9 Å². The summed E-state index contributed by atoms with van der Waals surface area (Å²) in [5.74, 6) is -2.20. The van der Waals surface area contributed by atoms with E-state index in [9.17, 15) is 19.5 Å². The Bertz CT molecular complexity index is 969. The summed E-state index contributed by atoms with van der Waals surface area (Å²) < 4.78 is 4.75. The van der Waals surface area contributed by atoms with Crippen molar-refractivity contribution < 1.29 is 29.3 Å². The Hall–Kier alpha value is -3.46. The Morgan fingerprint density at radius 1 is 1.30 bits per heavy atom. The van der Waals surface area contributed by atoms with Gasteiger partial charge in [0.15, 0.2) is 0 Å². The highest BCUT2D eigenvalue weighted by atomic mass is 16.5. The number of rotatable bonds is 6. The largest absolute Gasteiger partial charge is 0.478 e. The highest BCUT2D eigenvalue weighted by molar-refractivity contribution is 6.12. The zero-order valence-corrected chi connectivity index (χ0v) is 14.4. The molecule has 0 aliphatic carbocycles. The van der Waals surface area contributed by atoms with Gasteiger partial charge in [0.2, 0.25) is 0 Å². The highest BCUT2D eigenvalue weighted by Gasteiger charge is 2.34. The summed E-state index contributed by atoms with van der Waals surface area (Å²) in [7, 11) is 1.22. The van der Waals surface area contributed by atoms with Gasteiger partial charge in [-0.2, -0.15) is 0 Å². The number of carboxylic acid groups (broad SMARTS) is 1. The predicted molar refractivity (Wildman–Crippen MR) is 95.0 cm³/mol. The molecule has 2 aromatic rings. The van der Waals surface area contributed by atoms with Gasteiger partial charge in [-0.05, 0) is 18.2 Å². The van der Waals surface area contributed by atoms with Crippen LogP contribution < -0.4 is 5.32 Å². The molecule has 3 rings (SSSR count). The maximum absolute atomic E-state index is 12.6. The lowest BCUT2D eigenvalue weighted by Gasteiger charge is -2.15. The Labute approximate surface area is 153 Å². The van der Waals surface area contributed by atoms with Crippen LogP contribution in [0.25, 0.3) is 10.8 Å². The second-order valence-electron chi connectivity index (χ2n) is 5.81. The van der Waals surface area contributed by atoms with Crippen LogP contribution in [0.3, 0.4) is 0 Å². The van der Waals surface area contributed by atoms with Crippen molar-refractivity contribution in [3.63, 3.8) is 0 Å². The van der Waals surface area contributed by atoms with E-state index in [0.717, 1.165) is 0 Å². The summed E-state index contributed by atoms with van der Waals surface area (Å²) in [6.07, 6.45) is 2.95. The first-order chi connectivity index (χ1) is 13.0. The fraction of sp³-hybridized carbons (Fsp3) is 0.222. The first-order valence-corrected chi connectivity index (χ1v) is 8.06. The number of hydrogen-bond acceptors (Lipinski definition) is 7. The number of aromatic carboxylic acids is 1. The monoisotopic (exact) mass is 371 g/mol. The van der Waals surface area contributed by atoms with Crippen LogP contribution in [-0.2, 0) is 14.3 Å². The molecule has 0 bridgehead atoms. The van der Waals surface area contributed by atoms with E-state index in [2.05, 4.69) is 10.3 Å². The standard InChI is InChI=1S/C18H17N3O6/c1-27-18(26)13-9-21(6-7-22)16(23)15(13)20-14-3-2-11(17(24)25)10-4-5-19-8-12(10)14/h2-5,8,20,22H,6-7,9H2,1H3,(H,24,25). The number of aliphatic hydroxyl groups is 1. The van der Waals surface area contributed by atoms with Crippen LogP contribution >= 0.6 is 0 Å². The van der Waals surface area contributed by atoms with Crippen molar-refractivity contribution in [2.24, 2.45) is 0 Å². The van der Waals surface area contributed by atoms with Crippen LogP contribution in [0.15, 0.2) is 41.9 Å². The lowest BCUT2D eigenvalue weighted by Crippen LogP contribution is -2.31. The highest BCUT2D eigenvalue weighted by Crippen LogP contribution is 2.29. The molecule has 0 saturated carbocycles. The molecule has 0 unspecified atom stereocenters. The van der Waals surface area contributed by atoms with E-state index in [4.69, 9.17) is 9.84 Å². The smallest absolute Gasteiger partial charge is 0.337 e. The van der Waals surface area contributed by atoms with Crippen molar-refractivity contribution in [1.82, 2.24) is 9.88 Å². The number of carbonyl (C=O) groups excluding carboxylic acids is 2. The van der Waals surface area contributed by atoms with Crippen molar-refractivity contribution in [2.75, 3.05) is 32.1 Å². The molecule has 0 radical (unpaired) electrons. The molecule has 0 spiro atoms. The summed E-state index contributed by atoms with van der Waals surface area (Å²) in [6.45, 7) is -0.157. The number of esters is 1. The van der Waals surface area contributed by atoms with Crippen LogP contribution in [0.1, 0.15) is 10.4 Å². The Kier molecular flexibility index (Phi) is 5.04. The van der Waals surface area contributed by atoms with Gasteiger partial charge in [-0.15, -0.1) is 0 Å². The third-order valence-electron chi connectivity index (χ3n) is 4.26. The van der Waals surface area contributed by atoms with Crippen molar-refractivity contribution in [3.8, 4) is 0 Å². The molecule has 0 atom stereocenters. The van der Waals surface area contributed by atoms with Crippen LogP contribution in [-0.4, -0.2) is 64.7 Å². The second kappa shape index (κ2) is 7.42. The molecule has 1 aromatic heterocycles. The van der Waals surface area contributed by atoms with Crippen molar-refractivity contribution >= 4 is 34.3 Å². The minimum absolute atomic E-state index is 0.0117. The number of nitrogens with one attached hydrogen (secondary N) is 1. The molecule has 27 heavy (non-hydrogen) atoms. The molecule has 1 aliphatic rings. The lowest BCUT2D eigenvalue weighted by molar-refractivity contribution is -0.136. The fourth-order valence-corrected chi connectivity index (χ4v) is 2.97. The Balaban J connectivity index is 2.07. The average Bonchev–Trinajstić information content (AvgIpc) is 2.97. The van der Waals surface area contributed by atoms with Gasteiger partial charge in [0.05, 0.1) is 31.4 Å². The number of methoxy groups -OCH3 is 1. The van der Waals surface area contributed by atoms with Gasteiger partial charge in [0.1, 0.15) is 5.70 Å². The maximum atomic E-state index is 12.6. The van der Waals surface area contributed by atoms with Crippen LogP contribution in [0.2, 0.25) is 0 Å². The molecule has 9 nitrogen and oxygen atoms in total. The van der Waals surface area contributed by atoms with E-state index in [1.54, 1.807) is 6.07 Å². The van der Waals surface area contributed by atoms with E-state index in [1.165, 1.54) is 36.5 Å². The summed E-state index contributed by atoms with van der Waals surface area (Å²) in [4.78, 5) is 41.4. The summed E-state index contributed by atoms with van der Waals surface area (Å²) in [5, 5.41) is 22.3. The number of fused-ring (bicyclic) bond motifs is 1. The number of β-amino-alcohol motifs (C(OH)–C–C–N with tert-alkyl or cyclic N) is 1. The van der Waals surface area contributed by atoms with Gasteiger partial charge < -0.3 is 25.2 Å². The van der Waals surface area contributed by atoms with Gasteiger partial charge in [0, 0.05) is 35.4 Å². The molecular formula is C18H17N3O6. The number of carbonyl (C=O) groups is 3. The van der Waals surface area contributed by atoms with Crippen molar-refractivity contribution in [1.29, 1.82) is 0 Å². The third kappa shape index (κ3) is 3.32. The zero-order chi connectivity index (χ0) is 19.6. The van der Waals surface area contributed by atoms with Gasteiger partial charge in [0.25, 0.3) is 5.91 Å². The van der Waals surface area contributed by atoms with E-state index in [0.29, 0.717) is 16.5 Å². The summed E-state index contributed by atoms with van der Waals surface area (Å²) in [6, 6.07) is 4.49. The molecule has 1 aliphatic heterocycles. The van der Waals surface area contributed by atoms with Crippen LogP contribution in [0.4, 0.5) is 5.69 Å². The number of aliphatic hydroxyl groups excluding tert-OH is 1. The number of nitrogens with zero attached hydrogens (tertiary/aromatic N) is 2. The van der Waals surface area contributed by atoms with Crippen LogP contribution in [0, 0.1) is 0 Å². The zero-order valence-electron chi connectivity index (χ0n) is 14.4. The third-order valence-corrected chi connectivity index (χ3v) is 4.26. The van der Waals surface area contributed by atoms with E-state index in [-0.39, 0.29) is 36.5 Å². The Morgan fingerprint density at radius 2 is 2.07 bits per heavy atom. The Morgan fingerprint density at radius 3 is 2.74 bits per heavy atom. The predicted octanol–water partition coefficient (Wildman–Crippen LogP) is 0.606. The molecular weight excluding hydrogens is 354 g/mol. The molecule has 3 N–H and O–H groups in total. The first-order valence-electron chi connectivity index (χ1n) is 8.06. The minimum atomic E-state index is -1.08. The SMILES string of the molecule is COC(=O)C1=C(Nc2ccc(C(=O)O)c3ccncc23)C(=O)N(CCO)C1. The molecule has 2 heterocycles. The van der Waals surface area contributed by atoms with Crippen LogP contribution in [0.5, 0.6) is 0 Å². The normalized spacial score (nSPS) is 14.0. The second-order valence-corrected chi connectivity index (χ2v) is 5.81. The van der Waals surface area contributed by atoms with Crippen molar-refractivity contribution in [2.45, 2.75) is 0 Å². The number of ether oxygens (including phenoxy) is 1. The van der Waals surface area contributed by atoms with E-state index < -0.39 is 17.8 Å². The number of anilines is 1. The molecule has 1 amide bonds. The summed E-state index contributed by atoms with van der Waals surface area (Å²) >= 11 is 0. The quantitative estimate of drug-likeness (QED) is 0.630. The van der Waals surface area contributed by atoms with E-state index in [1.807, 2.05) is 0 Å². The molecule has 9 heteroatoms. The van der Waals surface area contributed by atoms with Gasteiger partial charge in [-0.3, -0.25) is 9.78 Å². The molecule has 140 valence electrons. The number of aromatic nitrogens is 1. The lowest BCUT2D eigenvalue weighted by atomic mass is 10.0. The summed E-state index contributed by atoms with van der Waals surface area (Å²) in [5.41, 5.74) is 0.692. The molecule has 0 fully saturated rings. The maximum Gasteiger partial charge on any atom is 0.337 e. The molecule has 0 saturated heterocycles. The number of carboxylic acids is 1. The number of hydrogen-bond donors (Lipinski definition) is 3. The molecule has 1 aromatic carbocycles. The first kappa shape index (κ1) is 18.3. The number of benzene rings is 1. The minimum Gasteiger partial charge on any atom is -0.478 e. The number of amides is 1. The fourth-order valence-electron chi connectivity index (χ4n) is 2.97. The van der Waals surface area contributed by atoms with Crippen molar-refractivity contribution in [3.05, 3.63) is 47.4 Å². The van der Waals surface area contributed by atoms with E-state index >= 15 is 0 Å².